The third-order valence-electron chi connectivity index (χ3n) is 4.77. The molecule has 156 valence electrons. The van der Waals surface area contributed by atoms with E-state index in [0.717, 1.165) is 22.8 Å². The summed E-state index contributed by atoms with van der Waals surface area (Å²) >= 11 is 1.46. The van der Waals surface area contributed by atoms with E-state index < -0.39 is 0 Å². The molecule has 0 aliphatic carbocycles. The minimum absolute atomic E-state index is 0.0353. The molecule has 0 fully saturated rings. The molecule has 1 atom stereocenters. The molecule has 3 rings (SSSR count). The van der Waals surface area contributed by atoms with Crippen molar-refractivity contribution in [1.82, 2.24) is 14.9 Å². The van der Waals surface area contributed by atoms with Gasteiger partial charge in [0.15, 0.2) is 10.9 Å². The lowest BCUT2D eigenvalue weighted by molar-refractivity contribution is -0.118. The maximum absolute atomic E-state index is 12.9. The topological polar surface area (TPSA) is 64.0 Å². The highest BCUT2D eigenvalue weighted by molar-refractivity contribution is 8.00. The van der Waals surface area contributed by atoms with Gasteiger partial charge in [-0.3, -0.25) is 14.2 Å². The van der Waals surface area contributed by atoms with Gasteiger partial charge in [-0.1, -0.05) is 42.1 Å². The minimum atomic E-state index is -0.262. The lowest BCUT2D eigenvalue weighted by atomic mass is 10.0. The first-order valence-electron chi connectivity index (χ1n) is 10.00. The van der Waals surface area contributed by atoms with Gasteiger partial charge in [-0.15, -0.1) is 0 Å². The summed E-state index contributed by atoms with van der Waals surface area (Å²) in [5.74, 6) is 0.0372. The van der Waals surface area contributed by atoms with Gasteiger partial charge < -0.3 is 5.32 Å². The number of carbonyl (C=O) groups is 2. The highest BCUT2D eigenvalue weighted by Crippen LogP contribution is 2.27. The van der Waals surface area contributed by atoms with E-state index in [2.05, 4.69) is 42.3 Å². The number of Topliss-reactive ketones (excluding diaryl/α,β-unsaturated/α-hetero) is 1. The maximum Gasteiger partial charge on any atom is 0.216 e. The predicted octanol–water partition coefficient (Wildman–Crippen LogP) is 4.53. The normalized spacial score (nSPS) is 11.9. The molecule has 0 bridgehead atoms. The van der Waals surface area contributed by atoms with Crippen molar-refractivity contribution in [3.63, 3.8) is 0 Å². The molecule has 3 aromatic rings. The SMILES string of the molecule is CC(=O)NCCc1ccc(C(=O)C(C)Sc2nccn2-c2cc(C)cc(C)c2)cc1. The van der Waals surface area contributed by atoms with Gasteiger partial charge >= 0.3 is 0 Å². The first kappa shape index (κ1) is 21.8. The second-order valence-corrected chi connectivity index (χ2v) is 8.79. The van der Waals surface area contributed by atoms with Gasteiger partial charge in [-0.25, -0.2) is 4.98 Å². The minimum Gasteiger partial charge on any atom is -0.356 e. The van der Waals surface area contributed by atoms with Crippen molar-refractivity contribution in [2.24, 2.45) is 0 Å². The van der Waals surface area contributed by atoms with E-state index >= 15 is 0 Å². The number of rotatable bonds is 8. The van der Waals surface area contributed by atoms with Crippen LogP contribution in [-0.4, -0.2) is 33.0 Å². The van der Waals surface area contributed by atoms with E-state index in [1.165, 1.54) is 29.8 Å². The Labute approximate surface area is 181 Å². The third kappa shape index (κ3) is 5.60. The molecule has 0 saturated carbocycles. The van der Waals surface area contributed by atoms with Gasteiger partial charge in [-0.2, -0.15) is 0 Å². The average molecular weight is 422 g/mol. The molecule has 5 nitrogen and oxygen atoms in total. The fourth-order valence-electron chi connectivity index (χ4n) is 3.33. The van der Waals surface area contributed by atoms with Crippen LogP contribution in [0.15, 0.2) is 60.0 Å². The van der Waals surface area contributed by atoms with E-state index in [1.54, 1.807) is 6.20 Å². The van der Waals surface area contributed by atoms with Crippen molar-refractivity contribution < 1.29 is 9.59 Å². The van der Waals surface area contributed by atoms with E-state index in [1.807, 2.05) is 42.0 Å². The number of imidazole rings is 1. The number of benzene rings is 2. The van der Waals surface area contributed by atoms with Crippen molar-refractivity contribution in [3.05, 3.63) is 77.1 Å². The first-order chi connectivity index (χ1) is 14.3. The molecule has 1 heterocycles. The average Bonchev–Trinajstić information content (AvgIpc) is 3.15. The molecule has 0 aliphatic heterocycles. The summed E-state index contributed by atoms with van der Waals surface area (Å²) in [7, 11) is 0. The Balaban J connectivity index is 1.68. The number of aromatic nitrogens is 2. The molecule has 0 saturated heterocycles. The molecule has 6 heteroatoms. The van der Waals surface area contributed by atoms with Crippen molar-refractivity contribution in [3.8, 4) is 5.69 Å². The lowest BCUT2D eigenvalue weighted by Gasteiger charge is -2.13. The van der Waals surface area contributed by atoms with Gasteiger partial charge in [0.05, 0.1) is 5.25 Å². The highest BCUT2D eigenvalue weighted by atomic mass is 32.2. The maximum atomic E-state index is 12.9. The summed E-state index contributed by atoms with van der Waals surface area (Å²) in [6, 6.07) is 14.0. The molecule has 1 unspecified atom stereocenters. The second-order valence-electron chi connectivity index (χ2n) is 7.48. The summed E-state index contributed by atoms with van der Waals surface area (Å²) in [5, 5.41) is 3.32. The summed E-state index contributed by atoms with van der Waals surface area (Å²) in [6.07, 6.45) is 4.43. The van der Waals surface area contributed by atoms with Crippen LogP contribution in [0.25, 0.3) is 5.69 Å². The number of nitrogens with zero attached hydrogens (tertiary/aromatic N) is 2. The molecule has 0 aliphatic rings. The third-order valence-corrected chi connectivity index (χ3v) is 5.85. The van der Waals surface area contributed by atoms with Gasteiger partial charge in [0, 0.05) is 37.1 Å². The van der Waals surface area contributed by atoms with Crippen molar-refractivity contribution >= 4 is 23.5 Å². The number of hydrogen-bond donors (Lipinski definition) is 1. The number of hydrogen-bond acceptors (Lipinski definition) is 4. The van der Waals surface area contributed by atoms with Crippen LogP contribution in [0.4, 0.5) is 0 Å². The van der Waals surface area contributed by atoms with E-state index in [0.29, 0.717) is 12.1 Å². The van der Waals surface area contributed by atoms with E-state index in [-0.39, 0.29) is 16.9 Å². The van der Waals surface area contributed by atoms with Crippen LogP contribution in [0.2, 0.25) is 0 Å². The Bertz CT molecular complexity index is 1020. The second kappa shape index (κ2) is 9.76. The molecule has 1 aromatic heterocycles. The smallest absolute Gasteiger partial charge is 0.216 e. The van der Waals surface area contributed by atoms with Gasteiger partial charge in [0.1, 0.15) is 0 Å². The van der Waals surface area contributed by atoms with Crippen LogP contribution in [0.3, 0.4) is 0 Å². The molecule has 30 heavy (non-hydrogen) atoms. The lowest BCUT2D eigenvalue weighted by Crippen LogP contribution is -2.22. The van der Waals surface area contributed by atoms with E-state index in [9.17, 15) is 9.59 Å². The van der Waals surface area contributed by atoms with Crippen LogP contribution in [0, 0.1) is 13.8 Å². The number of amides is 1. The fourth-order valence-corrected chi connectivity index (χ4v) is 4.29. The molecule has 1 amide bonds. The Hall–Kier alpha value is -2.86. The Morgan fingerprint density at radius 3 is 2.40 bits per heavy atom. The van der Waals surface area contributed by atoms with Crippen LogP contribution in [0.1, 0.15) is 40.9 Å². The molecular weight excluding hydrogens is 394 g/mol. The Morgan fingerprint density at radius 2 is 1.77 bits per heavy atom. The van der Waals surface area contributed by atoms with Crippen molar-refractivity contribution in [2.45, 2.75) is 44.5 Å². The molecule has 0 radical (unpaired) electrons. The zero-order chi connectivity index (χ0) is 21.7. The quantitative estimate of drug-likeness (QED) is 0.429. The standard InChI is InChI=1S/C24H27N3O2S/c1-16-13-17(2)15-22(14-16)27-12-11-26-24(27)30-18(3)23(29)21-7-5-20(6-8-21)9-10-25-19(4)28/h5-8,11-15,18H,9-10H2,1-4H3,(H,25,28). The van der Waals surface area contributed by atoms with Crippen molar-refractivity contribution in [2.75, 3.05) is 6.54 Å². The largest absolute Gasteiger partial charge is 0.356 e. The summed E-state index contributed by atoms with van der Waals surface area (Å²) < 4.78 is 2.03. The molecule has 1 N–H and O–H groups in total. The fraction of sp³-hybridized carbons (Fsp3) is 0.292. The summed E-state index contributed by atoms with van der Waals surface area (Å²) in [6.45, 7) is 8.17. The van der Waals surface area contributed by atoms with Crippen LogP contribution in [-0.2, 0) is 11.2 Å². The molecule has 2 aromatic carbocycles. The van der Waals surface area contributed by atoms with Gasteiger partial charge in [-0.05, 0) is 56.0 Å². The number of ketones is 1. The summed E-state index contributed by atoms with van der Waals surface area (Å²) in [4.78, 5) is 28.4. The zero-order valence-electron chi connectivity index (χ0n) is 17.8. The van der Waals surface area contributed by atoms with Gasteiger partial charge in [0.2, 0.25) is 5.91 Å². The predicted molar refractivity (Wildman–Crippen MR) is 122 cm³/mol. The van der Waals surface area contributed by atoms with Crippen LogP contribution < -0.4 is 5.32 Å². The highest BCUT2D eigenvalue weighted by Gasteiger charge is 2.19. The van der Waals surface area contributed by atoms with Crippen molar-refractivity contribution in [1.29, 1.82) is 0 Å². The molecular formula is C24H27N3O2S. The van der Waals surface area contributed by atoms with Crippen LogP contribution >= 0.6 is 11.8 Å². The van der Waals surface area contributed by atoms with Gasteiger partial charge in [0.25, 0.3) is 0 Å². The number of carbonyl (C=O) groups excluding carboxylic acids is 2. The Kier molecular flexibility index (Phi) is 7.11. The molecule has 0 spiro atoms. The van der Waals surface area contributed by atoms with Crippen LogP contribution in [0.5, 0.6) is 0 Å². The Morgan fingerprint density at radius 1 is 1.10 bits per heavy atom. The first-order valence-corrected chi connectivity index (χ1v) is 10.9. The number of nitrogens with one attached hydrogen (secondary N) is 1. The monoisotopic (exact) mass is 421 g/mol. The summed E-state index contributed by atoms with van der Waals surface area (Å²) in [5.41, 5.74) is 5.21. The zero-order valence-corrected chi connectivity index (χ0v) is 18.6. The van der Waals surface area contributed by atoms with E-state index in [4.69, 9.17) is 0 Å². The number of aryl methyl sites for hydroxylation is 2. The number of thioether (sulfide) groups is 1.